The molecular formula is C11H13FIN5. The Labute approximate surface area is 118 Å². The van der Waals surface area contributed by atoms with Gasteiger partial charge in [-0.25, -0.2) is 4.39 Å². The highest BCUT2D eigenvalue weighted by Crippen LogP contribution is 2.23. The van der Waals surface area contributed by atoms with E-state index >= 15 is 0 Å². The van der Waals surface area contributed by atoms with Crippen LogP contribution in [0.5, 0.6) is 0 Å². The maximum Gasteiger partial charge on any atom is 0.176 e. The predicted octanol–water partition coefficient (Wildman–Crippen LogP) is 1.46. The van der Waals surface area contributed by atoms with E-state index in [0.717, 1.165) is 9.13 Å². The molecule has 1 aromatic carbocycles. The van der Waals surface area contributed by atoms with E-state index in [4.69, 9.17) is 0 Å². The summed E-state index contributed by atoms with van der Waals surface area (Å²) in [7, 11) is 3.59. The van der Waals surface area contributed by atoms with Gasteiger partial charge >= 0.3 is 0 Å². The van der Waals surface area contributed by atoms with Gasteiger partial charge in [0.15, 0.2) is 5.82 Å². The minimum Gasteiger partial charge on any atom is -0.313 e. The van der Waals surface area contributed by atoms with E-state index in [1.54, 1.807) is 13.1 Å². The van der Waals surface area contributed by atoms with Gasteiger partial charge in [0.1, 0.15) is 5.82 Å². The highest BCUT2D eigenvalue weighted by Gasteiger charge is 2.16. The molecule has 1 heterocycles. The van der Waals surface area contributed by atoms with Crippen LogP contribution in [0.4, 0.5) is 4.39 Å². The summed E-state index contributed by atoms with van der Waals surface area (Å²) in [6, 6.07) is 4.81. The molecule has 0 saturated heterocycles. The number of nitrogens with zero attached hydrogens (tertiary/aromatic N) is 4. The largest absolute Gasteiger partial charge is 0.313 e. The van der Waals surface area contributed by atoms with Crippen LogP contribution in [0.15, 0.2) is 18.2 Å². The SMILES string of the molecule is CNC(Cc1nnn(C)n1)c1ccc(F)cc1I. The maximum absolute atomic E-state index is 13.1. The summed E-state index contributed by atoms with van der Waals surface area (Å²) in [5, 5.41) is 15.1. The van der Waals surface area contributed by atoms with Gasteiger partial charge in [0, 0.05) is 16.0 Å². The number of halogens is 2. The molecule has 7 heteroatoms. The minimum atomic E-state index is -0.226. The average Bonchev–Trinajstić information content (AvgIpc) is 2.72. The van der Waals surface area contributed by atoms with Gasteiger partial charge < -0.3 is 5.32 Å². The van der Waals surface area contributed by atoms with E-state index in [9.17, 15) is 4.39 Å². The monoisotopic (exact) mass is 361 g/mol. The van der Waals surface area contributed by atoms with Crippen molar-refractivity contribution in [2.45, 2.75) is 12.5 Å². The Morgan fingerprint density at radius 3 is 2.83 bits per heavy atom. The van der Waals surface area contributed by atoms with Crippen molar-refractivity contribution in [1.29, 1.82) is 0 Å². The fourth-order valence-electron chi connectivity index (χ4n) is 1.74. The molecule has 0 radical (unpaired) electrons. The van der Waals surface area contributed by atoms with E-state index in [1.807, 2.05) is 7.05 Å². The molecule has 1 aromatic heterocycles. The van der Waals surface area contributed by atoms with Crippen LogP contribution in [0.1, 0.15) is 17.4 Å². The lowest BCUT2D eigenvalue weighted by Gasteiger charge is -2.16. The average molecular weight is 361 g/mol. The third kappa shape index (κ3) is 3.02. The lowest BCUT2D eigenvalue weighted by Crippen LogP contribution is -2.20. The molecular weight excluding hydrogens is 348 g/mol. The second-order valence-electron chi connectivity index (χ2n) is 3.91. The van der Waals surface area contributed by atoms with Crippen LogP contribution >= 0.6 is 22.6 Å². The van der Waals surface area contributed by atoms with Gasteiger partial charge in [-0.2, -0.15) is 4.80 Å². The summed E-state index contributed by atoms with van der Waals surface area (Å²) >= 11 is 2.13. The number of hydrogen-bond donors (Lipinski definition) is 1. The van der Waals surface area contributed by atoms with E-state index in [0.29, 0.717) is 12.2 Å². The summed E-state index contributed by atoms with van der Waals surface area (Å²) < 4.78 is 14.0. The normalized spacial score (nSPS) is 12.7. The van der Waals surface area contributed by atoms with E-state index in [2.05, 4.69) is 43.3 Å². The van der Waals surface area contributed by atoms with E-state index < -0.39 is 0 Å². The quantitative estimate of drug-likeness (QED) is 0.838. The molecule has 96 valence electrons. The van der Waals surface area contributed by atoms with Gasteiger partial charge in [0.05, 0.1) is 7.05 Å². The second kappa shape index (κ2) is 5.70. The predicted molar refractivity (Wildman–Crippen MR) is 73.4 cm³/mol. The summed E-state index contributed by atoms with van der Waals surface area (Å²) in [5.74, 6) is 0.438. The molecule has 1 unspecified atom stereocenters. The number of aryl methyl sites for hydroxylation is 1. The van der Waals surface area contributed by atoms with Crippen LogP contribution in [0.2, 0.25) is 0 Å². The molecule has 1 atom stereocenters. The van der Waals surface area contributed by atoms with Crippen LogP contribution in [0.3, 0.4) is 0 Å². The van der Waals surface area contributed by atoms with Gasteiger partial charge in [-0.05, 0) is 52.5 Å². The van der Waals surface area contributed by atoms with Crippen molar-refractivity contribution in [3.63, 3.8) is 0 Å². The fraction of sp³-hybridized carbons (Fsp3) is 0.364. The van der Waals surface area contributed by atoms with E-state index in [1.165, 1.54) is 16.9 Å². The molecule has 0 spiro atoms. The Bertz CT molecular complexity index is 542. The molecule has 18 heavy (non-hydrogen) atoms. The summed E-state index contributed by atoms with van der Waals surface area (Å²) in [6.45, 7) is 0. The topological polar surface area (TPSA) is 55.6 Å². The van der Waals surface area contributed by atoms with Crippen molar-refractivity contribution < 1.29 is 4.39 Å². The lowest BCUT2D eigenvalue weighted by molar-refractivity contribution is 0.564. The number of nitrogens with one attached hydrogen (secondary N) is 1. The first-order valence-corrected chi connectivity index (χ1v) is 6.53. The Balaban J connectivity index is 2.22. The number of hydrogen-bond acceptors (Lipinski definition) is 4. The number of likely N-dealkylation sites (N-methyl/N-ethyl adjacent to an activating group) is 1. The molecule has 0 amide bonds. The Hall–Kier alpha value is -1.09. The van der Waals surface area contributed by atoms with Crippen molar-refractivity contribution in [2.75, 3.05) is 7.05 Å². The Kier molecular flexibility index (Phi) is 4.23. The highest BCUT2D eigenvalue weighted by atomic mass is 127. The van der Waals surface area contributed by atoms with Crippen LogP contribution in [0.25, 0.3) is 0 Å². The number of rotatable bonds is 4. The van der Waals surface area contributed by atoms with Crippen molar-refractivity contribution in [3.05, 3.63) is 39.0 Å². The molecule has 1 N–H and O–H groups in total. The van der Waals surface area contributed by atoms with Gasteiger partial charge in [0.25, 0.3) is 0 Å². The first kappa shape index (κ1) is 13.3. The summed E-state index contributed by atoms with van der Waals surface area (Å²) in [5.41, 5.74) is 1.03. The fourth-order valence-corrected chi connectivity index (χ4v) is 2.59. The van der Waals surface area contributed by atoms with Crippen LogP contribution in [0, 0.1) is 9.39 Å². The Morgan fingerprint density at radius 2 is 2.28 bits per heavy atom. The van der Waals surface area contributed by atoms with Crippen LogP contribution in [-0.2, 0) is 13.5 Å². The number of aromatic nitrogens is 4. The zero-order valence-corrected chi connectivity index (χ0v) is 12.2. The zero-order valence-electron chi connectivity index (χ0n) is 10.1. The van der Waals surface area contributed by atoms with Gasteiger partial charge in [-0.15, -0.1) is 10.2 Å². The second-order valence-corrected chi connectivity index (χ2v) is 5.07. The smallest absolute Gasteiger partial charge is 0.176 e. The molecule has 2 rings (SSSR count). The summed E-state index contributed by atoms with van der Waals surface area (Å²) in [4.78, 5) is 1.43. The van der Waals surface area contributed by atoms with Gasteiger partial charge in [-0.3, -0.25) is 0 Å². The zero-order chi connectivity index (χ0) is 13.1. The van der Waals surface area contributed by atoms with Crippen molar-refractivity contribution in [2.24, 2.45) is 7.05 Å². The maximum atomic E-state index is 13.1. The summed E-state index contributed by atoms with van der Waals surface area (Å²) in [6.07, 6.45) is 0.617. The minimum absolute atomic E-state index is 0.0432. The number of tetrazole rings is 1. The molecule has 0 bridgehead atoms. The molecule has 5 nitrogen and oxygen atoms in total. The van der Waals surface area contributed by atoms with Crippen LogP contribution < -0.4 is 5.32 Å². The molecule has 0 aliphatic carbocycles. The molecule has 0 aliphatic heterocycles. The van der Waals surface area contributed by atoms with Crippen molar-refractivity contribution in [3.8, 4) is 0 Å². The van der Waals surface area contributed by atoms with Crippen LogP contribution in [-0.4, -0.2) is 27.3 Å². The first-order valence-electron chi connectivity index (χ1n) is 5.45. The van der Waals surface area contributed by atoms with Gasteiger partial charge in [-0.1, -0.05) is 6.07 Å². The van der Waals surface area contributed by atoms with E-state index in [-0.39, 0.29) is 11.9 Å². The molecule has 2 aromatic rings. The standard InChI is InChI=1S/C11H13FIN5/c1-14-10(6-11-15-17-18(2)16-11)8-4-3-7(12)5-9(8)13/h3-5,10,14H,6H2,1-2H3. The molecule has 0 aliphatic rings. The lowest BCUT2D eigenvalue weighted by atomic mass is 10.0. The van der Waals surface area contributed by atoms with Gasteiger partial charge in [0.2, 0.25) is 0 Å². The Morgan fingerprint density at radius 1 is 1.50 bits per heavy atom. The molecule has 0 saturated carbocycles. The van der Waals surface area contributed by atoms with Crippen molar-refractivity contribution in [1.82, 2.24) is 25.5 Å². The first-order chi connectivity index (χ1) is 8.60. The highest BCUT2D eigenvalue weighted by molar-refractivity contribution is 14.1. The van der Waals surface area contributed by atoms with Crippen molar-refractivity contribution >= 4 is 22.6 Å². The number of benzene rings is 1. The molecule has 0 fully saturated rings. The third-order valence-electron chi connectivity index (χ3n) is 2.62. The third-order valence-corrected chi connectivity index (χ3v) is 3.56.